The zero-order valence-corrected chi connectivity index (χ0v) is 12.2. The highest BCUT2D eigenvalue weighted by Crippen LogP contribution is 2.39. The molecule has 0 aliphatic heterocycles. The molecule has 122 valence electrons. The van der Waals surface area contributed by atoms with Gasteiger partial charge in [-0.15, -0.1) is 0 Å². The Bertz CT molecular complexity index is 526. The number of alkyl halides is 2. The molecular weight excluding hydrogens is 292 g/mol. The molecule has 0 radical (unpaired) electrons. The van der Waals surface area contributed by atoms with E-state index in [-0.39, 0.29) is 31.0 Å². The van der Waals surface area contributed by atoms with Crippen LogP contribution in [0.4, 0.5) is 26.2 Å². The minimum atomic E-state index is -2.58. The lowest BCUT2D eigenvalue weighted by molar-refractivity contribution is -0.0793. The van der Waals surface area contributed by atoms with Gasteiger partial charge in [-0.1, -0.05) is 0 Å². The van der Waals surface area contributed by atoms with E-state index < -0.39 is 5.92 Å². The molecule has 2 fully saturated rings. The van der Waals surface area contributed by atoms with E-state index in [1.54, 1.807) is 0 Å². The summed E-state index contributed by atoms with van der Waals surface area (Å²) in [5.74, 6) is -1.75. The highest BCUT2D eigenvalue weighted by Gasteiger charge is 2.45. The summed E-state index contributed by atoms with van der Waals surface area (Å²) >= 11 is 0. The van der Waals surface area contributed by atoms with Gasteiger partial charge in [-0.25, -0.2) is 13.8 Å². The monoisotopic (exact) mass is 313 g/mol. The Kier molecular flexibility index (Phi) is 4.03. The molecule has 0 bridgehead atoms. The van der Waals surface area contributed by atoms with Crippen molar-refractivity contribution >= 4 is 17.5 Å². The third-order valence-electron chi connectivity index (χ3n) is 4.28. The van der Waals surface area contributed by atoms with Gasteiger partial charge in [-0.3, -0.25) is 0 Å². The van der Waals surface area contributed by atoms with Gasteiger partial charge < -0.3 is 21.5 Å². The molecule has 1 aromatic rings. The van der Waals surface area contributed by atoms with Crippen LogP contribution in [0.5, 0.6) is 0 Å². The lowest BCUT2D eigenvalue weighted by atomic mass is 9.88. The molecule has 6 nitrogen and oxygen atoms in total. The first-order chi connectivity index (χ1) is 10.4. The number of nitrogens with zero attached hydrogens (tertiary/aromatic N) is 2. The van der Waals surface area contributed by atoms with Crippen LogP contribution < -0.4 is 16.4 Å². The summed E-state index contributed by atoms with van der Waals surface area (Å²) in [5.41, 5.74) is 6.15. The van der Waals surface area contributed by atoms with Crippen molar-refractivity contribution in [1.82, 2.24) is 9.97 Å². The number of aliphatic hydroxyl groups excluding tert-OH is 1. The standard InChI is InChI=1S/C14H21F2N5O/c15-14(16)5-9(6-14)19-12-11(17)7-18-13(21-12)20-8-1-3-10(22)4-2-8/h7-10,22H,1-6,17H2,(H2,18,19,20,21)/t8-,10-. The molecule has 2 aliphatic rings. The van der Waals surface area contributed by atoms with E-state index in [1.807, 2.05) is 0 Å². The number of halogens is 2. The average Bonchev–Trinajstić information content (AvgIpc) is 2.43. The molecule has 0 aromatic carbocycles. The second-order valence-electron chi connectivity index (χ2n) is 6.25. The molecule has 0 unspecified atom stereocenters. The summed E-state index contributed by atoms with van der Waals surface area (Å²) in [5, 5.41) is 15.7. The molecule has 5 N–H and O–H groups in total. The van der Waals surface area contributed by atoms with Crippen molar-refractivity contribution < 1.29 is 13.9 Å². The summed E-state index contributed by atoms with van der Waals surface area (Å²) in [6, 6.07) is -0.0854. The lowest BCUT2D eigenvalue weighted by Crippen LogP contribution is -2.44. The molecule has 8 heteroatoms. The molecule has 2 aliphatic carbocycles. The molecule has 0 saturated heterocycles. The van der Waals surface area contributed by atoms with Crippen molar-refractivity contribution in [1.29, 1.82) is 0 Å². The van der Waals surface area contributed by atoms with Crippen LogP contribution >= 0.6 is 0 Å². The van der Waals surface area contributed by atoms with Crippen molar-refractivity contribution in [3.8, 4) is 0 Å². The summed E-state index contributed by atoms with van der Waals surface area (Å²) in [4.78, 5) is 8.42. The van der Waals surface area contributed by atoms with Gasteiger partial charge in [0.25, 0.3) is 5.92 Å². The molecule has 2 saturated carbocycles. The Hall–Kier alpha value is -1.70. The third kappa shape index (κ3) is 3.55. The number of anilines is 3. The summed E-state index contributed by atoms with van der Waals surface area (Å²) in [6.45, 7) is 0. The van der Waals surface area contributed by atoms with Gasteiger partial charge in [0.1, 0.15) is 0 Å². The Labute approximate surface area is 127 Å². The fourth-order valence-electron chi connectivity index (χ4n) is 2.94. The zero-order valence-electron chi connectivity index (χ0n) is 12.2. The minimum Gasteiger partial charge on any atom is -0.394 e. The molecule has 3 rings (SSSR count). The number of nitrogens with one attached hydrogen (secondary N) is 2. The molecule has 0 atom stereocenters. The van der Waals surface area contributed by atoms with Gasteiger partial charge in [-0.05, 0) is 25.7 Å². The predicted octanol–water partition coefficient (Wildman–Crippen LogP) is 1.98. The van der Waals surface area contributed by atoms with E-state index in [9.17, 15) is 13.9 Å². The van der Waals surface area contributed by atoms with Crippen molar-refractivity contribution in [3.63, 3.8) is 0 Å². The quantitative estimate of drug-likeness (QED) is 0.679. The molecule has 1 aromatic heterocycles. The summed E-state index contributed by atoms with van der Waals surface area (Å²) < 4.78 is 25.7. The number of nitrogen functional groups attached to an aromatic ring is 1. The maximum atomic E-state index is 12.9. The third-order valence-corrected chi connectivity index (χ3v) is 4.28. The van der Waals surface area contributed by atoms with Crippen LogP contribution in [0.3, 0.4) is 0 Å². The van der Waals surface area contributed by atoms with Gasteiger partial charge in [-0.2, -0.15) is 4.98 Å². The van der Waals surface area contributed by atoms with Gasteiger partial charge in [0.15, 0.2) is 5.82 Å². The van der Waals surface area contributed by atoms with Gasteiger partial charge in [0.05, 0.1) is 18.0 Å². The molecular formula is C14H21F2N5O. The summed E-state index contributed by atoms with van der Waals surface area (Å²) in [6.07, 6.45) is 4.09. The Balaban J connectivity index is 1.60. The Morgan fingerprint density at radius 1 is 1.14 bits per heavy atom. The topological polar surface area (TPSA) is 96.1 Å². The van der Waals surface area contributed by atoms with Crippen LogP contribution in [0.2, 0.25) is 0 Å². The number of hydrogen-bond donors (Lipinski definition) is 4. The lowest BCUT2D eigenvalue weighted by Gasteiger charge is -2.35. The van der Waals surface area contributed by atoms with E-state index in [0.717, 1.165) is 25.7 Å². The highest BCUT2D eigenvalue weighted by molar-refractivity contribution is 5.62. The number of rotatable bonds is 4. The maximum Gasteiger partial charge on any atom is 0.252 e. The Morgan fingerprint density at radius 3 is 2.45 bits per heavy atom. The van der Waals surface area contributed by atoms with E-state index >= 15 is 0 Å². The van der Waals surface area contributed by atoms with Gasteiger partial charge in [0.2, 0.25) is 5.95 Å². The molecule has 0 amide bonds. The molecule has 22 heavy (non-hydrogen) atoms. The molecule has 0 spiro atoms. The number of nitrogens with two attached hydrogens (primary N) is 1. The molecule has 1 heterocycles. The first kappa shape index (κ1) is 15.2. The van der Waals surface area contributed by atoms with Gasteiger partial charge in [0, 0.05) is 24.9 Å². The van der Waals surface area contributed by atoms with Crippen molar-refractivity contribution in [3.05, 3.63) is 6.20 Å². The van der Waals surface area contributed by atoms with Gasteiger partial charge >= 0.3 is 0 Å². The van der Waals surface area contributed by atoms with E-state index in [1.165, 1.54) is 6.20 Å². The van der Waals surface area contributed by atoms with Crippen LogP contribution in [0, 0.1) is 0 Å². The fourth-order valence-corrected chi connectivity index (χ4v) is 2.94. The van der Waals surface area contributed by atoms with Crippen molar-refractivity contribution in [2.45, 2.75) is 62.6 Å². The fraction of sp³-hybridized carbons (Fsp3) is 0.714. The first-order valence-corrected chi connectivity index (χ1v) is 7.63. The normalized spacial score (nSPS) is 28.0. The zero-order chi connectivity index (χ0) is 15.7. The minimum absolute atomic E-state index is 0.195. The second-order valence-corrected chi connectivity index (χ2v) is 6.25. The first-order valence-electron chi connectivity index (χ1n) is 7.63. The second kappa shape index (κ2) is 5.83. The number of aliphatic hydroxyl groups is 1. The largest absolute Gasteiger partial charge is 0.394 e. The Morgan fingerprint density at radius 2 is 1.82 bits per heavy atom. The maximum absolute atomic E-state index is 12.9. The smallest absolute Gasteiger partial charge is 0.252 e. The summed E-state index contributed by atoms with van der Waals surface area (Å²) in [7, 11) is 0. The van der Waals surface area contributed by atoms with Crippen LogP contribution in [0.25, 0.3) is 0 Å². The SMILES string of the molecule is Nc1cnc(N[C@H]2CC[C@H](O)CC2)nc1NC1CC(F)(F)C1. The van der Waals surface area contributed by atoms with Crippen LogP contribution in [0.15, 0.2) is 6.20 Å². The van der Waals surface area contributed by atoms with Crippen molar-refractivity contribution in [2.75, 3.05) is 16.4 Å². The van der Waals surface area contributed by atoms with Crippen LogP contribution in [-0.4, -0.2) is 39.2 Å². The number of aromatic nitrogens is 2. The predicted molar refractivity (Wildman–Crippen MR) is 79.9 cm³/mol. The van der Waals surface area contributed by atoms with E-state index in [0.29, 0.717) is 17.5 Å². The van der Waals surface area contributed by atoms with E-state index in [4.69, 9.17) is 5.73 Å². The highest BCUT2D eigenvalue weighted by atomic mass is 19.3. The average molecular weight is 313 g/mol. The van der Waals surface area contributed by atoms with Crippen LogP contribution in [0.1, 0.15) is 38.5 Å². The number of hydrogen-bond acceptors (Lipinski definition) is 6. The van der Waals surface area contributed by atoms with Crippen LogP contribution in [-0.2, 0) is 0 Å². The van der Waals surface area contributed by atoms with E-state index in [2.05, 4.69) is 20.6 Å². The van der Waals surface area contributed by atoms with Crippen molar-refractivity contribution in [2.24, 2.45) is 0 Å².